The van der Waals surface area contributed by atoms with Gasteiger partial charge in [-0.2, -0.15) is 5.26 Å². The van der Waals surface area contributed by atoms with E-state index in [2.05, 4.69) is 11.1 Å². The first-order valence-electron chi connectivity index (χ1n) is 9.17. The number of benzene rings is 1. The number of hydrogen-bond acceptors (Lipinski definition) is 4. The van der Waals surface area contributed by atoms with Crippen molar-refractivity contribution in [1.82, 2.24) is 0 Å². The van der Waals surface area contributed by atoms with Gasteiger partial charge in [0.1, 0.15) is 0 Å². The molecular weight excluding hydrogens is 312 g/mol. The van der Waals surface area contributed by atoms with Gasteiger partial charge in [-0.15, -0.1) is 0 Å². The van der Waals surface area contributed by atoms with Crippen LogP contribution in [0.15, 0.2) is 35.0 Å². The Kier molecular flexibility index (Phi) is 3.15. The van der Waals surface area contributed by atoms with Crippen molar-refractivity contribution in [3.8, 4) is 6.07 Å². The molecule has 6 rings (SSSR count). The number of nitrogens with zero attached hydrogens (tertiary/aromatic N) is 2. The number of nitriles is 1. The summed E-state index contributed by atoms with van der Waals surface area (Å²) in [5, 5.41) is 9.02. The number of ether oxygens (including phenoxy) is 1. The molecule has 25 heavy (non-hydrogen) atoms. The SMILES string of the molecule is N#Cc1cccc(/C=C2\N=C(C34CC5CC(CC(C5)C3)C4)OC2=O)c1. The lowest BCUT2D eigenvalue weighted by Gasteiger charge is -2.55. The Morgan fingerprint density at radius 1 is 1.16 bits per heavy atom. The summed E-state index contributed by atoms with van der Waals surface area (Å²) in [5.74, 6) is 2.67. The summed E-state index contributed by atoms with van der Waals surface area (Å²) < 4.78 is 5.67. The maximum Gasteiger partial charge on any atom is 0.363 e. The fraction of sp³-hybridized carbons (Fsp3) is 0.476. The van der Waals surface area contributed by atoms with Crippen LogP contribution in [0.25, 0.3) is 6.08 Å². The molecule has 4 fully saturated rings. The number of esters is 1. The minimum Gasteiger partial charge on any atom is -0.406 e. The van der Waals surface area contributed by atoms with Crippen LogP contribution in [0.1, 0.15) is 49.7 Å². The van der Waals surface area contributed by atoms with Crippen molar-refractivity contribution in [2.75, 3.05) is 0 Å². The van der Waals surface area contributed by atoms with Gasteiger partial charge in [-0.05, 0) is 80.1 Å². The van der Waals surface area contributed by atoms with Gasteiger partial charge in [-0.1, -0.05) is 12.1 Å². The van der Waals surface area contributed by atoms with Crippen LogP contribution < -0.4 is 0 Å². The number of carbonyl (C=O) groups excluding carboxylic acids is 1. The average Bonchev–Trinajstić information content (AvgIpc) is 2.95. The highest BCUT2D eigenvalue weighted by atomic mass is 16.6. The molecule has 0 saturated heterocycles. The highest BCUT2D eigenvalue weighted by Gasteiger charge is 2.55. The van der Waals surface area contributed by atoms with Crippen molar-refractivity contribution >= 4 is 17.9 Å². The molecule has 4 heteroatoms. The monoisotopic (exact) mass is 332 g/mol. The average molecular weight is 332 g/mol. The number of aliphatic imine (C=N–C) groups is 1. The van der Waals surface area contributed by atoms with Crippen molar-refractivity contribution in [3.63, 3.8) is 0 Å². The minimum atomic E-state index is -0.354. The molecule has 4 saturated carbocycles. The highest BCUT2D eigenvalue weighted by Crippen LogP contribution is 2.61. The van der Waals surface area contributed by atoms with Crippen LogP contribution in [0.4, 0.5) is 0 Å². The van der Waals surface area contributed by atoms with Gasteiger partial charge in [0.05, 0.1) is 11.6 Å². The molecule has 1 heterocycles. The normalized spacial score (nSPS) is 37.1. The maximum absolute atomic E-state index is 12.4. The van der Waals surface area contributed by atoms with Crippen LogP contribution in [0.5, 0.6) is 0 Å². The molecule has 0 atom stereocenters. The van der Waals surface area contributed by atoms with Crippen LogP contribution in [0, 0.1) is 34.5 Å². The van der Waals surface area contributed by atoms with Gasteiger partial charge < -0.3 is 4.74 Å². The van der Waals surface area contributed by atoms with Gasteiger partial charge in [-0.3, -0.25) is 0 Å². The first kappa shape index (κ1) is 14.9. The summed E-state index contributed by atoms with van der Waals surface area (Å²) in [6.07, 6.45) is 9.17. The quantitative estimate of drug-likeness (QED) is 0.606. The van der Waals surface area contributed by atoms with E-state index in [1.807, 2.05) is 12.1 Å². The maximum atomic E-state index is 12.4. The summed E-state index contributed by atoms with van der Waals surface area (Å²) in [5.41, 5.74) is 1.74. The molecule has 1 aliphatic heterocycles. The lowest BCUT2D eigenvalue weighted by molar-refractivity contribution is -0.131. The third-order valence-corrected chi connectivity index (χ3v) is 6.43. The molecule has 0 aromatic heterocycles. The molecule has 4 bridgehead atoms. The summed E-state index contributed by atoms with van der Waals surface area (Å²) in [6, 6.07) is 9.32. The molecule has 1 aromatic carbocycles. The first-order valence-corrected chi connectivity index (χ1v) is 9.17. The summed E-state index contributed by atoms with van der Waals surface area (Å²) in [4.78, 5) is 17.0. The van der Waals surface area contributed by atoms with Crippen molar-refractivity contribution in [3.05, 3.63) is 41.1 Å². The topological polar surface area (TPSA) is 62.4 Å². The van der Waals surface area contributed by atoms with Crippen molar-refractivity contribution in [1.29, 1.82) is 5.26 Å². The molecule has 5 aliphatic rings. The second-order valence-electron chi connectivity index (χ2n) is 8.27. The second-order valence-corrected chi connectivity index (χ2v) is 8.27. The Labute approximate surface area is 147 Å². The van der Waals surface area contributed by atoms with E-state index in [1.54, 1.807) is 18.2 Å². The van der Waals surface area contributed by atoms with Crippen molar-refractivity contribution in [2.24, 2.45) is 28.2 Å². The molecule has 0 unspecified atom stereocenters. The van der Waals surface area contributed by atoms with Gasteiger partial charge in [0, 0.05) is 5.41 Å². The van der Waals surface area contributed by atoms with Crippen LogP contribution in [-0.2, 0) is 9.53 Å². The molecule has 0 radical (unpaired) electrons. The molecule has 0 amide bonds. The Morgan fingerprint density at radius 2 is 1.84 bits per heavy atom. The third-order valence-electron chi connectivity index (χ3n) is 6.43. The summed E-state index contributed by atoms with van der Waals surface area (Å²) in [7, 11) is 0. The van der Waals surface area contributed by atoms with E-state index in [-0.39, 0.29) is 11.4 Å². The number of rotatable bonds is 2. The van der Waals surface area contributed by atoms with Gasteiger partial charge in [0.15, 0.2) is 5.70 Å². The Morgan fingerprint density at radius 3 is 2.48 bits per heavy atom. The van der Waals surface area contributed by atoms with Gasteiger partial charge >= 0.3 is 5.97 Å². The molecule has 0 spiro atoms. The molecule has 126 valence electrons. The smallest absolute Gasteiger partial charge is 0.363 e. The Hall–Kier alpha value is -2.41. The minimum absolute atomic E-state index is 0.00545. The third kappa shape index (κ3) is 2.41. The van der Waals surface area contributed by atoms with Crippen molar-refractivity contribution < 1.29 is 9.53 Å². The van der Waals surface area contributed by atoms with Gasteiger partial charge in [0.25, 0.3) is 0 Å². The van der Waals surface area contributed by atoms with E-state index >= 15 is 0 Å². The fourth-order valence-corrected chi connectivity index (χ4v) is 5.86. The molecule has 4 aliphatic carbocycles. The van der Waals surface area contributed by atoms with Crippen LogP contribution >= 0.6 is 0 Å². The van der Waals surface area contributed by atoms with Gasteiger partial charge in [0.2, 0.25) is 5.90 Å². The Balaban J connectivity index is 1.48. The van der Waals surface area contributed by atoms with Gasteiger partial charge in [-0.25, -0.2) is 9.79 Å². The van der Waals surface area contributed by atoms with Crippen LogP contribution in [-0.4, -0.2) is 11.9 Å². The lowest BCUT2D eigenvalue weighted by Crippen LogP contribution is -2.50. The molecule has 1 aromatic rings. The highest BCUT2D eigenvalue weighted by molar-refractivity contribution is 6.09. The summed E-state index contributed by atoms with van der Waals surface area (Å²) in [6.45, 7) is 0. The predicted molar refractivity (Wildman–Crippen MR) is 93.3 cm³/mol. The van der Waals surface area contributed by atoms with E-state index < -0.39 is 0 Å². The van der Waals surface area contributed by atoms with E-state index in [0.29, 0.717) is 17.2 Å². The lowest BCUT2D eigenvalue weighted by atomic mass is 9.49. The van der Waals surface area contributed by atoms with Crippen LogP contribution in [0.3, 0.4) is 0 Å². The van der Waals surface area contributed by atoms with E-state index in [4.69, 9.17) is 10.00 Å². The first-order chi connectivity index (χ1) is 12.1. The van der Waals surface area contributed by atoms with Crippen molar-refractivity contribution in [2.45, 2.75) is 38.5 Å². The number of hydrogen-bond donors (Lipinski definition) is 0. The molecule has 4 nitrogen and oxygen atoms in total. The van der Waals surface area contributed by atoms with Crippen LogP contribution in [0.2, 0.25) is 0 Å². The number of cyclic esters (lactones) is 1. The second kappa shape index (κ2) is 5.29. The zero-order chi connectivity index (χ0) is 17.0. The van der Waals surface area contributed by atoms with E-state index in [1.165, 1.54) is 19.3 Å². The zero-order valence-corrected chi connectivity index (χ0v) is 14.1. The van der Waals surface area contributed by atoms with E-state index in [0.717, 1.165) is 42.6 Å². The predicted octanol–water partition coefficient (Wildman–Crippen LogP) is 4.07. The molecule has 0 N–H and O–H groups in total. The Bertz CT molecular complexity index is 824. The van der Waals surface area contributed by atoms with E-state index in [9.17, 15) is 4.79 Å². The number of carbonyl (C=O) groups is 1. The largest absolute Gasteiger partial charge is 0.406 e. The summed E-state index contributed by atoms with van der Waals surface area (Å²) >= 11 is 0. The fourth-order valence-electron chi connectivity index (χ4n) is 5.86. The molecular formula is C21H20N2O2. The zero-order valence-electron chi connectivity index (χ0n) is 14.1. The standard InChI is InChI=1S/C21H20N2O2/c22-12-14-3-1-2-13(4-14)8-18-19(24)25-20(23-18)21-9-15-5-16(10-21)7-17(6-15)11-21/h1-4,8,15-17H,5-7,9-11H2/b18-8-.